The summed E-state index contributed by atoms with van der Waals surface area (Å²) in [6, 6.07) is 0. The molecule has 110 valence electrons. The van der Waals surface area contributed by atoms with E-state index in [1.54, 1.807) is 0 Å². The number of nitro groups is 1. The number of rotatable bonds is 8. The SMILES string of the molecule is CCCNc1ncc([N+](=O)[O-])c(NCC(C)C2CC2)n1. The van der Waals surface area contributed by atoms with Crippen molar-refractivity contribution in [2.24, 2.45) is 11.8 Å². The van der Waals surface area contributed by atoms with Crippen molar-refractivity contribution in [2.75, 3.05) is 23.7 Å². The van der Waals surface area contributed by atoms with Crippen LogP contribution in [-0.4, -0.2) is 28.0 Å². The van der Waals surface area contributed by atoms with E-state index in [1.165, 1.54) is 19.0 Å². The lowest BCUT2D eigenvalue weighted by Gasteiger charge is -2.12. The first-order chi connectivity index (χ1) is 9.61. The summed E-state index contributed by atoms with van der Waals surface area (Å²) in [4.78, 5) is 18.7. The van der Waals surface area contributed by atoms with E-state index in [0.29, 0.717) is 24.2 Å². The van der Waals surface area contributed by atoms with E-state index in [1.807, 2.05) is 6.92 Å². The molecular weight excluding hydrogens is 258 g/mol. The van der Waals surface area contributed by atoms with Crippen LogP contribution in [0.2, 0.25) is 0 Å². The Hall–Kier alpha value is -1.92. The van der Waals surface area contributed by atoms with E-state index in [2.05, 4.69) is 27.5 Å². The fraction of sp³-hybridized carbons (Fsp3) is 0.692. The Bertz CT molecular complexity index is 476. The summed E-state index contributed by atoms with van der Waals surface area (Å²) >= 11 is 0. The number of hydrogen-bond donors (Lipinski definition) is 2. The molecule has 1 aromatic rings. The molecule has 1 aliphatic carbocycles. The highest BCUT2D eigenvalue weighted by Gasteiger charge is 2.28. The molecule has 0 amide bonds. The Morgan fingerprint density at radius 1 is 1.50 bits per heavy atom. The molecule has 1 fully saturated rings. The summed E-state index contributed by atoms with van der Waals surface area (Å²) in [5, 5.41) is 17.1. The molecule has 20 heavy (non-hydrogen) atoms. The van der Waals surface area contributed by atoms with Crippen molar-refractivity contribution in [3.05, 3.63) is 16.3 Å². The molecule has 0 saturated heterocycles. The normalized spacial score (nSPS) is 15.7. The zero-order chi connectivity index (χ0) is 14.5. The van der Waals surface area contributed by atoms with Gasteiger partial charge < -0.3 is 10.6 Å². The number of aromatic nitrogens is 2. The van der Waals surface area contributed by atoms with Crippen LogP contribution in [0, 0.1) is 22.0 Å². The van der Waals surface area contributed by atoms with Gasteiger partial charge in [0.2, 0.25) is 11.8 Å². The van der Waals surface area contributed by atoms with Crippen molar-refractivity contribution < 1.29 is 4.92 Å². The first kappa shape index (κ1) is 14.5. The van der Waals surface area contributed by atoms with E-state index >= 15 is 0 Å². The maximum atomic E-state index is 11.0. The Labute approximate surface area is 118 Å². The number of anilines is 2. The summed E-state index contributed by atoms with van der Waals surface area (Å²) in [6.07, 6.45) is 4.73. The van der Waals surface area contributed by atoms with Crippen LogP contribution in [0.3, 0.4) is 0 Å². The minimum Gasteiger partial charge on any atom is -0.364 e. The van der Waals surface area contributed by atoms with Gasteiger partial charge in [0.1, 0.15) is 6.20 Å². The van der Waals surface area contributed by atoms with Crippen LogP contribution < -0.4 is 10.6 Å². The van der Waals surface area contributed by atoms with Crippen molar-refractivity contribution in [1.29, 1.82) is 0 Å². The van der Waals surface area contributed by atoms with Crippen LogP contribution in [0.1, 0.15) is 33.1 Å². The largest absolute Gasteiger partial charge is 0.364 e. The molecule has 1 aliphatic rings. The van der Waals surface area contributed by atoms with Crippen LogP contribution in [-0.2, 0) is 0 Å². The lowest BCUT2D eigenvalue weighted by Crippen LogP contribution is -2.16. The van der Waals surface area contributed by atoms with Gasteiger partial charge in [-0.2, -0.15) is 4.98 Å². The van der Waals surface area contributed by atoms with Gasteiger partial charge in [-0.1, -0.05) is 13.8 Å². The fourth-order valence-corrected chi connectivity index (χ4v) is 2.05. The van der Waals surface area contributed by atoms with Crippen LogP contribution >= 0.6 is 0 Å². The fourth-order valence-electron chi connectivity index (χ4n) is 2.05. The zero-order valence-corrected chi connectivity index (χ0v) is 11.9. The molecule has 7 nitrogen and oxygen atoms in total. The predicted octanol–water partition coefficient (Wildman–Crippen LogP) is 2.66. The molecule has 1 aromatic heterocycles. The van der Waals surface area contributed by atoms with Crippen molar-refractivity contribution in [2.45, 2.75) is 33.1 Å². The molecule has 1 heterocycles. The second kappa shape index (κ2) is 6.49. The highest BCUT2D eigenvalue weighted by Crippen LogP contribution is 2.36. The highest BCUT2D eigenvalue weighted by molar-refractivity contribution is 5.56. The van der Waals surface area contributed by atoms with Gasteiger partial charge in [0.25, 0.3) is 0 Å². The van der Waals surface area contributed by atoms with Crippen LogP contribution in [0.25, 0.3) is 0 Å². The van der Waals surface area contributed by atoms with E-state index in [4.69, 9.17) is 0 Å². The molecular formula is C13H21N5O2. The molecule has 0 aliphatic heterocycles. The van der Waals surface area contributed by atoms with E-state index in [0.717, 1.165) is 18.9 Å². The third kappa shape index (κ3) is 3.79. The average molecular weight is 279 g/mol. The smallest absolute Gasteiger partial charge is 0.329 e. The van der Waals surface area contributed by atoms with Crippen LogP contribution in [0.5, 0.6) is 0 Å². The Morgan fingerprint density at radius 3 is 2.85 bits per heavy atom. The summed E-state index contributed by atoms with van der Waals surface area (Å²) in [6.45, 7) is 5.65. The molecule has 2 N–H and O–H groups in total. The molecule has 0 spiro atoms. The monoisotopic (exact) mass is 279 g/mol. The number of hydrogen-bond acceptors (Lipinski definition) is 6. The lowest BCUT2D eigenvalue weighted by atomic mass is 10.1. The second-order valence-electron chi connectivity index (χ2n) is 5.31. The van der Waals surface area contributed by atoms with Crippen molar-refractivity contribution in [1.82, 2.24) is 9.97 Å². The third-order valence-corrected chi connectivity index (χ3v) is 3.52. The Balaban J connectivity index is 2.06. The molecule has 0 aromatic carbocycles. The minimum absolute atomic E-state index is 0.0740. The van der Waals surface area contributed by atoms with Gasteiger partial charge in [-0.05, 0) is 31.1 Å². The maximum absolute atomic E-state index is 11.0. The molecule has 0 radical (unpaired) electrons. The van der Waals surface area contributed by atoms with Gasteiger partial charge >= 0.3 is 5.69 Å². The quantitative estimate of drug-likeness (QED) is 0.561. The molecule has 0 bridgehead atoms. The summed E-state index contributed by atoms with van der Waals surface area (Å²) < 4.78 is 0. The summed E-state index contributed by atoms with van der Waals surface area (Å²) in [5.74, 6) is 1.99. The number of nitrogens with one attached hydrogen (secondary N) is 2. The summed E-state index contributed by atoms with van der Waals surface area (Å²) in [7, 11) is 0. The van der Waals surface area contributed by atoms with Gasteiger partial charge in [0, 0.05) is 13.1 Å². The second-order valence-corrected chi connectivity index (χ2v) is 5.31. The zero-order valence-electron chi connectivity index (χ0n) is 11.9. The lowest BCUT2D eigenvalue weighted by molar-refractivity contribution is -0.384. The van der Waals surface area contributed by atoms with Gasteiger partial charge in [0.05, 0.1) is 4.92 Å². The van der Waals surface area contributed by atoms with Crippen molar-refractivity contribution in [3.8, 4) is 0 Å². The van der Waals surface area contributed by atoms with E-state index < -0.39 is 4.92 Å². The molecule has 2 rings (SSSR count). The van der Waals surface area contributed by atoms with Crippen molar-refractivity contribution >= 4 is 17.5 Å². The molecule has 1 atom stereocenters. The van der Waals surface area contributed by atoms with E-state index in [9.17, 15) is 10.1 Å². The van der Waals surface area contributed by atoms with Gasteiger partial charge in [-0.3, -0.25) is 10.1 Å². The standard InChI is InChI=1S/C13H21N5O2/c1-3-6-14-13-16-8-11(18(19)20)12(17-13)15-7-9(2)10-4-5-10/h8-10H,3-7H2,1-2H3,(H2,14,15,16,17). The van der Waals surface area contributed by atoms with Crippen molar-refractivity contribution in [3.63, 3.8) is 0 Å². The molecule has 1 saturated carbocycles. The number of nitrogens with zero attached hydrogens (tertiary/aromatic N) is 3. The molecule has 1 unspecified atom stereocenters. The first-order valence-corrected chi connectivity index (χ1v) is 7.11. The Morgan fingerprint density at radius 2 is 2.25 bits per heavy atom. The Kier molecular flexibility index (Phi) is 4.70. The highest BCUT2D eigenvalue weighted by atomic mass is 16.6. The summed E-state index contributed by atoms with van der Waals surface area (Å²) in [5.41, 5.74) is -0.0740. The van der Waals surface area contributed by atoms with Gasteiger partial charge in [-0.15, -0.1) is 0 Å². The van der Waals surface area contributed by atoms with Crippen LogP contribution in [0.4, 0.5) is 17.5 Å². The third-order valence-electron chi connectivity index (χ3n) is 3.52. The predicted molar refractivity (Wildman–Crippen MR) is 77.8 cm³/mol. The minimum atomic E-state index is -0.451. The average Bonchev–Trinajstić information content (AvgIpc) is 3.26. The van der Waals surface area contributed by atoms with Gasteiger partial charge in [0.15, 0.2) is 0 Å². The molecule has 7 heteroatoms. The van der Waals surface area contributed by atoms with Gasteiger partial charge in [-0.25, -0.2) is 4.98 Å². The topological polar surface area (TPSA) is 93.0 Å². The maximum Gasteiger partial charge on any atom is 0.329 e. The first-order valence-electron chi connectivity index (χ1n) is 7.11. The van der Waals surface area contributed by atoms with E-state index in [-0.39, 0.29) is 5.69 Å². The van der Waals surface area contributed by atoms with Crippen LogP contribution in [0.15, 0.2) is 6.20 Å².